The first-order chi connectivity index (χ1) is 11.5. The Hall–Kier alpha value is -1.69. The van der Waals surface area contributed by atoms with Crippen LogP contribution < -0.4 is 5.32 Å². The summed E-state index contributed by atoms with van der Waals surface area (Å²) in [5.41, 5.74) is 1.05. The summed E-state index contributed by atoms with van der Waals surface area (Å²) >= 11 is 1.84. The van der Waals surface area contributed by atoms with Crippen LogP contribution in [0.3, 0.4) is 0 Å². The van der Waals surface area contributed by atoms with Crippen molar-refractivity contribution in [2.45, 2.75) is 31.9 Å². The van der Waals surface area contributed by atoms with Crippen molar-refractivity contribution in [3.63, 3.8) is 0 Å². The molecule has 2 N–H and O–H groups in total. The topological polar surface area (TPSA) is 52.6 Å². The van der Waals surface area contributed by atoms with Gasteiger partial charge in [0.25, 0.3) is 0 Å². The highest BCUT2D eigenvalue weighted by Crippen LogP contribution is 2.24. The van der Waals surface area contributed by atoms with Crippen molar-refractivity contribution in [2.75, 3.05) is 19.6 Å². The maximum atomic E-state index is 12.1. The molecule has 0 bridgehead atoms. The number of carbonyl (C=O) groups excluding carboxylic acids is 1. The summed E-state index contributed by atoms with van der Waals surface area (Å²) < 4.78 is 0. The Morgan fingerprint density at radius 1 is 1.33 bits per heavy atom. The first kappa shape index (κ1) is 17.1. The third-order valence-electron chi connectivity index (χ3n) is 4.54. The van der Waals surface area contributed by atoms with Crippen molar-refractivity contribution < 1.29 is 9.90 Å². The molecule has 1 aliphatic heterocycles. The van der Waals surface area contributed by atoms with Gasteiger partial charge in [-0.15, -0.1) is 11.3 Å². The maximum Gasteiger partial charge on any atom is 0.223 e. The molecule has 0 saturated heterocycles. The monoisotopic (exact) mass is 344 g/mol. The molecule has 1 aromatic heterocycles. The normalized spacial score (nSPS) is 17.1. The Labute approximate surface area is 147 Å². The van der Waals surface area contributed by atoms with Gasteiger partial charge in [0, 0.05) is 31.1 Å². The second-order valence-electron chi connectivity index (χ2n) is 6.56. The highest BCUT2D eigenvalue weighted by Gasteiger charge is 2.26. The van der Waals surface area contributed by atoms with Crippen molar-refractivity contribution in [1.29, 1.82) is 0 Å². The average molecular weight is 344 g/mol. The standard InChI is InChI=1S/C19H24N2O2S/c1-19(23,16-5-3-2-4-6-16)13-18(22)20-9-11-21-10-7-17-15(14-21)8-12-24-17/h2-6,8,12,23H,7,9-11,13-14H2,1H3,(H,20,22). The molecule has 1 unspecified atom stereocenters. The molecule has 2 heterocycles. The van der Waals surface area contributed by atoms with Gasteiger partial charge >= 0.3 is 0 Å². The van der Waals surface area contributed by atoms with E-state index in [0.717, 1.165) is 31.6 Å². The molecular weight excluding hydrogens is 320 g/mol. The summed E-state index contributed by atoms with van der Waals surface area (Å²) in [5, 5.41) is 15.6. The largest absolute Gasteiger partial charge is 0.385 e. The van der Waals surface area contributed by atoms with Gasteiger partial charge in [-0.2, -0.15) is 0 Å². The number of fused-ring (bicyclic) bond motifs is 1. The molecule has 0 spiro atoms. The smallest absolute Gasteiger partial charge is 0.223 e. The van der Waals surface area contributed by atoms with E-state index in [4.69, 9.17) is 0 Å². The van der Waals surface area contributed by atoms with Crippen LogP contribution in [0, 0.1) is 0 Å². The summed E-state index contributed by atoms with van der Waals surface area (Å²) in [6.07, 6.45) is 1.18. The number of hydrogen-bond donors (Lipinski definition) is 2. The second-order valence-corrected chi connectivity index (χ2v) is 7.56. The second kappa shape index (κ2) is 7.47. The van der Waals surface area contributed by atoms with E-state index in [1.807, 2.05) is 41.7 Å². The number of amides is 1. The molecule has 1 aromatic carbocycles. The first-order valence-corrected chi connectivity index (χ1v) is 9.25. The fourth-order valence-corrected chi connectivity index (χ4v) is 4.02. The van der Waals surface area contributed by atoms with E-state index >= 15 is 0 Å². The lowest BCUT2D eigenvalue weighted by molar-refractivity contribution is -0.125. The van der Waals surface area contributed by atoms with Crippen molar-refractivity contribution in [3.8, 4) is 0 Å². The van der Waals surface area contributed by atoms with Gasteiger partial charge in [-0.1, -0.05) is 30.3 Å². The third-order valence-corrected chi connectivity index (χ3v) is 5.56. The minimum absolute atomic E-state index is 0.0751. The number of rotatable bonds is 6. The molecule has 3 rings (SSSR count). The van der Waals surface area contributed by atoms with Gasteiger partial charge in [-0.3, -0.25) is 9.69 Å². The van der Waals surface area contributed by atoms with E-state index in [1.54, 1.807) is 6.92 Å². The number of thiophene rings is 1. The first-order valence-electron chi connectivity index (χ1n) is 8.37. The van der Waals surface area contributed by atoms with Crippen LogP contribution in [0.2, 0.25) is 0 Å². The van der Waals surface area contributed by atoms with Crippen molar-refractivity contribution in [3.05, 3.63) is 57.8 Å². The molecule has 0 saturated carbocycles. The molecule has 1 amide bonds. The zero-order valence-electron chi connectivity index (χ0n) is 14.0. The zero-order chi connectivity index (χ0) is 17.0. The van der Waals surface area contributed by atoms with Crippen LogP contribution in [0.15, 0.2) is 41.8 Å². The molecule has 0 aliphatic carbocycles. The fourth-order valence-electron chi connectivity index (χ4n) is 3.13. The maximum absolute atomic E-state index is 12.1. The number of carbonyl (C=O) groups is 1. The highest BCUT2D eigenvalue weighted by atomic mass is 32.1. The molecule has 1 atom stereocenters. The fraction of sp³-hybridized carbons (Fsp3) is 0.421. The van der Waals surface area contributed by atoms with Crippen LogP contribution in [0.1, 0.15) is 29.3 Å². The van der Waals surface area contributed by atoms with Crippen LogP contribution in [0.4, 0.5) is 0 Å². The third kappa shape index (κ3) is 4.23. The van der Waals surface area contributed by atoms with Gasteiger partial charge in [0.1, 0.15) is 0 Å². The molecule has 0 radical (unpaired) electrons. The van der Waals surface area contributed by atoms with Crippen molar-refractivity contribution in [1.82, 2.24) is 10.2 Å². The van der Waals surface area contributed by atoms with E-state index in [2.05, 4.69) is 21.7 Å². The number of benzene rings is 1. The lowest BCUT2D eigenvalue weighted by Gasteiger charge is -2.27. The van der Waals surface area contributed by atoms with Crippen LogP contribution >= 0.6 is 11.3 Å². The molecule has 24 heavy (non-hydrogen) atoms. The molecule has 0 fully saturated rings. The number of nitrogens with zero attached hydrogens (tertiary/aromatic N) is 1. The Balaban J connectivity index is 1.43. The van der Waals surface area contributed by atoms with E-state index < -0.39 is 5.60 Å². The van der Waals surface area contributed by atoms with Crippen LogP contribution in [-0.2, 0) is 23.4 Å². The predicted octanol–water partition coefficient (Wildman–Crippen LogP) is 2.52. The van der Waals surface area contributed by atoms with Gasteiger partial charge in [0.05, 0.1) is 12.0 Å². The Morgan fingerprint density at radius 2 is 2.12 bits per heavy atom. The minimum atomic E-state index is -1.14. The summed E-state index contributed by atoms with van der Waals surface area (Å²) in [6.45, 7) is 5.16. The highest BCUT2D eigenvalue weighted by molar-refractivity contribution is 7.10. The molecule has 4 nitrogen and oxygen atoms in total. The van der Waals surface area contributed by atoms with Crippen molar-refractivity contribution in [2.24, 2.45) is 0 Å². The SMILES string of the molecule is CC(O)(CC(=O)NCCN1CCc2sccc2C1)c1ccccc1. The summed E-state index contributed by atoms with van der Waals surface area (Å²) in [6, 6.07) is 11.5. The van der Waals surface area contributed by atoms with Crippen LogP contribution in [0.25, 0.3) is 0 Å². The van der Waals surface area contributed by atoms with Gasteiger partial charge < -0.3 is 10.4 Å². The molecule has 5 heteroatoms. The average Bonchev–Trinajstić information content (AvgIpc) is 3.03. The summed E-state index contributed by atoms with van der Waals surface area (Å²) in [4.78, 5) is 16.0. The molecule has 2 aromatic rings. The zero-order valence-corrected chi connectivity index (χ0v) is 14.8. The quantitative estimate of drug-likeness (QED) is 0.847. The van der Waals surface area contributed by atoms with Gasteiger partial charge in [0.15, 0.2) is 0 Å². The Bertz CT molecular complexity index is 682. The van der Waals surface area contributed by atoms with Gasteiger partial charge in [0.2, 0.25) is 5.91 Å². The van der Waals surface area contributed by atoms with E-state index in [1.165, 1.54) is 10.4 Å². The van der Waals surface area contributed by atoms with E-state index in [0.29, 0.717) is 6.54 Å². The summed E-state index contributed by atoms with van der Waals surface area (Å²) in [7, 11) is 0. The molecule has 1 aliphatic rings. The Morgan fingerprint density at radius 3 is 2.92 bits per heavy atom. The minimum Gasteiger partial charge on any atom is -0.385 e. The van der Waals surface area contributed by atoms with Crippen LogP contribution in [-0.4, -0.2) is 35.5 Å². The lowest BCUT2D eigenvalue weighted by atomic mass is 9.92. The van der Waals surface area contributed by atoms with Crippen LogP contribution in [0.5, 0.6) is 0 Å². The van der Waals surface area contributed by atoms with E-state index in [9.17, 15) is 9.90 Å². The van der Waals surface area contributed by atoms with E-state index in [-0.39, 0.29) is 12.3 Å². The number of hydrogen-bond acceptors (Lipinski definition) is 4. The number of nitrogens with one attached hydrogen (secondary N) is 1. The van der Waals surface area contributed by atoms with Gasteiger partial charge in [-0.05, 0) is 35.9 Å². The molecule has 128 valence electrons. The summed E-state index contributed by atoms with van der Waals surface area (Å²) in [5.74, 6) is -0.114. The molecular formula is C19H24N2O2S. The van der Waals surface area contributed by atoms with Crippen molar-refractivity contribution >= 4 is 17.2 Å². The van der Waals surface area contributed by atoms with Gasteiger partial charge in [-0.25, -0.2) is 0 Å². The number of aliphatic hydroxyl groups is 1. The predicted molar refractivity (Wildman–Crippen MR) is 96.9 cm³/mol. The Kier molecular flexibility index (Phi) is 5.33. The lowest BCUT2D eigenvalue weighted by Crippen LogP contribution is -2.39.